The van der Waals surface area contributed by atoms with Gasteiger partial charge in [0.1, 0.15) is 0 Å². The summed E-state index contributed by atoms with van der Waals surface area (Å²) >= 11 is 0. The van der Waals surface area contributed by atoms with Crippen LogP contribution in [0.2, 0.25) is 0 Å². The Kier molecular flexibility index (Phi) is 7.85. The van der Waals surface area contributed by atoms with E-state index in [1.54, 1.807) is 0 Å². The summed E-state index contributed by atoms with van der Waals surface area (Å²) in [5.74, 6) is 0. The van der Waals surface area contributed by atoms with E-state index >= 15 is 0 Å². The monoisotopic (exact) mass is 280 g/mol. The number of aromatic nitrogens is 2. The molecule has 1 aromatic heterocycles. The molecule has 116 valence electrons. The van der Waals surface area contributed by atoms with Crippen LogP contribution in [0.5, 0.6) is 0 Å². The van der Waals surface area contributed by atoms with Crippen LogP contribution in [-0.4, -0.2) is 40.4 Å². The van der Waals surface area contributed by atoms with Crippen LogP contribution in [0.4, 0.5) is 0 Å². The van der Waals surface area contributed by atoms with Crippen molar-refractivity contribution in [3.63, 3.8) is 0 Å². The molecule has 0 aliphatic rings. The maximum atomic E-state index is 4.68. The molecule has 0 aromatic carbocycles. The van der Waals surface area contributed by atoms with E-state index in [-0.39, 0.29) is 0 Å². The Morgan fingerprint density at radius 2 is 1.85 bits per heavy atom. The van der Waals surface area contributed by atoms with Crippen LogP contribution in [-0.2, 0) is 6.54 Å². The number of nitrogens with zero attached hydrogens (tertiary/aromatic N) is 3. The molecule has 0 saturated heterocycles. The van der Waals surface area contributed by atoms with Gasteiger partial charge in [-0.05, 0) is 38.9 Å². The normalized spacial score (nSPS) is 13.3. The van der Waals surface area contributed by atoms with Crippen LogP contribution in [0.15, 0.2) is 12.3 Å². The molecule has 0 aliphatic carbocycles. The van der Waals surface area contributed by atoms with Gasteiger partial charge in [0.15, 0.2) is 0 Å². The predicted molar refractivity (Wildman–Crippen MR) is 85.9 cm³/mol. The molecule has 4 nitrogen and oxygen atoms in total. The number of likely N-dealkylation sites (N-methyl/N-ethyl adjacent to an activating group) is 1. The number of hydrogen-bond acceptors (Lipinski definition) is 3. The minimum Gasteiger partial charge on any atom is -0.307 e. The Morgan fingerprint density at radius 3 is 2.40 bits per heavy atom. The lowest BCUT2D eigenvalue weighted by atomic mass is 10.2. The highest BCUT2D eigenvalue weighted by Gasteiger charge is 2.10. The molecule has 1 heterocycles. The van der Waals surface area contributed by atoms with Crippen molar-refractivity contribution >= 4 is 0 Å². The van der Waals surface area contributed by atoms with Crippen LogP contribution in [0, 0.1) is 0 Å². The van der Waals surface area contributed by atoms with Gasteiger partial charge in [0.05, 0.1) is 11.7 Å². The van der Waals surface area contributed by atoms with Crippen molar-refractivity contribution in [3.05, 3.63) is 18.0 Å². The second-order valence-corrected chi connectivity index (χ2v) is 5.53. The number of hydrogen-bond donors (Lipinski definition) is 1. The number of rotatable bonds is 10. The van der Waals surface area contributed by atoms with Gasteiger partial charge in [-0.2, -0.15) is 5.10 Å². The van der Waals surface area contributed by atoms with Gasteiger partial charge in [-0.3, -0.25) is 4.68 Å². The van der Waals surface area contributed by atoms with E-state index in [1.165, 1.54) is 0 Å². The third-order valence-corrected chi connectivity index (χ3v) is 4.04. The van der Waals surface area contributed by atoms with E-state index in [0.717, 1.165) is 44.7 Å². The van der Waals surface area contributed by atoms with Gasteiger partial charge in [-0.25, -0.2) is 0 Å². The van der Waals surface area contributed by atoms with Crippen molar-refractivity contribution < 1.29 is 0 Å². The predicted octanol–water partition coefficient (Wildman–Crippen LogP) is 3.06. The fraction of sp³-hybridized carbons (Fsp3) is 0.812. The molecule has 1 rings (SSSR count). The van der Waals surface area contributed by atoms with Crippen LogP contribution in [0.25, 0.3) is 0 Å². The summed E-state index contributed by atoms with van der Waals surface area (Å²) in [7, 11) is 0. The SMILES string of the molecule is CCC(CC)n1ccc(CNC(C)CN(CC)CC)n1. The molecule has 0 aliphatic heterocycles. The van der Waals surface area contributed by atoms with Gasteiger partial charge < -0.3 is 10.2 Å². The minimum absolute atomic E-state index is 0.494. The molecule has 20 heavy (non-hydrogen) atoms. The van der Waals surface area contributed by atoms with Crippen LogP contribution in [0.3, 0.4) is 0 Å². The topological polar surface area (TPSA) is 33.1 Å². The Hall–Kier alpha value is -0.870. The maximum Gasteiger partial charge on any atom is 0.0762 e. The molecule has 0 radical (unpaired) electrons. The summed E-state index contributed by atoms with van der Waals surface area (Å²) in [6.45, 7) is 15.3. The quantitative estimate of drug-likeness (QED) is 0.715. The molecule has 0 bridgehead atoms. The van der Waals surface area contributed by atoms with E-state index in [1.807, 2.05) is 0 Å². The molecule has 0 spiro atoms. The third-order valence-electron chi connectivity index (χ3n) is 4.04. The minimum atomic E-state index is 0.494. The molecule has 0 fully saturated rings. The highest BCUT2D eigenvalue weighted by molar-refractivity contribution is 4.99. The fourth-order valence-electron chi connectivity index (χ4n) is 2.55. The Morgan fingerprint density at radius 1 is 1.20 bits per heavy atom. The molecule has 1 atom stereocenters. The van der Waals surface area contributed by atoms with Gasteiger partial charge in [-0.1, -0.05) is 27.7 Å². The lowest BCUT2D eigenvalue weighted by Gasteiger charge is -2.23. The zero-order chi connectivity index (χ0) is 15.0. The third kappa shape index (κ3) is 5.25. The smallest absolute Gasteiger partial charge is 0.0762 e. The van der Waals surface area contributed by atoms with Crippen molar-refractivity contribution in [3.8, 4) is 0 Å². The van der Waals surface area contributed by atoms with Crippen molar-refractivity contribution in [1.82, 2.24) is 20.0 Å². The molecule has 4 heteroatoms. The van der Waals surface area contributed by atoms with Gasteiger partial charge in [-0.15, -0.1) is 0 Å². The van der Waals surface area contributed by atoms with E-state index < -0.39 is 0 Å². The summed E-state index contributed by atoms with van der Waals surface area (Å²) in [6, 6.07) is 3.17. The maximum absolute atomic E-state index is 4.68. The summed E-state index contributed by atoms with van der Waals surface area (Å²) < 4.78 is 2.12. The lowest BCUT2D eigenvalue weighted by molar-refractivity contribution is 0.270. The molecule has 0 amide bonds. The van der Waals surface area contributed by atoms with E-state index in [2.05, 4.69) is 66.9 Å². The first-order valence-corrected chi connectivity index (χ1v) is 8.14. The van der Waals surface area contributed by atoms with Crippen molar-refractivity contribution in [2.45, 2.75) is 66.1 Å². The molecular weight excluding hydrogens is 248 g/mol. The first kappa shape index (κ1) is 17.2. The van der Waals surface area contributed by atoms with E-state index in [0.29, 0.717) is 12.1 Å². The Balaban J connectivity index is 2.42. The van der Waals surface area contributed by atoms with Gasteiger partial charge in [0.25, 0.3) is 0 Å². The average molecular weight is 280 g/mol. The van der Waals surface area contributed by atoms with Crippen molar-refractivity contribution in [2.24, 2.45) is 0 Å². The second kappa shape index (κ2) is 9.14. The molecular formula is C16H32N4. The standard InChI is InChI=1S/C16H32N4/c1-6-16(7-2)20-11-10-15(18-20)12-17-14(5)13-19(8-3)9-4/h10-11,14,16-17H,6-9,12-13H2,1-5H3. The fourth-order valence-corrected chi connectivity index (χ4v) is 2.55. The largest absolute Gasteiger partial charge is 0.307 e. The highest BCUT2D eigenvalue weighted by Crippen LogP contribution is 2.14. The summed E-state index contributed by atoms with van der Waals surface area (Å²) in [5, 5.41) is 8.25. The zero-order valence-corrected chi connectivity index (χ0v) is 13.9. The number of nitrogens with one attached hydrogen (secondary N) is 1. The highest BCUT2D eigenvalue weighted by atomic mass is 15.3. The first-order chi connectivity index (χ1) is 9.64. The first-order valence-electron chi connectivity index (χ1n) is 8.14. The molecule has 1 N–H and O–H groups in total. The Labute approximate surface area is 124 Å². The second-order valence-electron chi connectivity index (χ2n) is 5.53. The van der Waals surface area contributed by atoms with E-state index in [9.17, 15) is 0 Å². The van der Waals surface area contributed by atoms with Gasteiger partial charge in [0, 0.05) is 25.3 Å². The van der Waals surface area contributed by atoms with Gasteiger partial charge >= 0.3 is 0 Å². The van der Waals surface area contributed by atoms with Crippen LogP contribution < -0.4 is 5.32 Å². The Bertz CT molecular complexity index is 353. The summed E-state index contributed by atoms with van der Waals surface area (Å²) in [6.07, 6.45) is 4.40. The zero-order valence-electron chi connectivity index (χ0n) is 13.9. The van der Waals surface area contributed by atoms with Gasteiger partial charge in [0.2, 0.25) is 0 Å². The molecule has 0 saturated carbocycles. The van der Waals surface area contributed by atoms with Crippen LogP contribution in [0.1, 0.15) is 59.2 Å². The lowest BCUT2D eigenvalue weighted by Crippen LogP contribution is -2.38. The molecule has 1 unspecified atom stereocenters. The van der Waals surface area contributed by atoms with E-state index in [4.69, 9.17) is 0 Å². The molecule has 1 aromatic rings. The van der Waals surface area contributed by atoms with Crippen LogP contribution >= 0.6 is 0 Å². The van der Waals surface area contributed by atoms with Crippen molar-refractivity contribution in [2.75, 3.05) is 19.6 Å². The summed E-state index contributed by atoms with van der Waals surface area (Å²) in [5.41, 5.74) is 1.14. The summed E-state index contributed by atoms with van der Waals surface area (Å²) in [4.78, 5) is 2.44. The van der Waals surface area contributed by atoms with Crippen molar-refractivity contribution in [1.29, 1.82) is 0 Å². The average Bonchev–Trinajstić information content (AvgIpc) is 2.92.